The topological polar surface area (TPSA) is 76.8 Å². The molecule has 0 saturated heterocycles. The third-order valence-electron chi connectivity index (χ3n) is 4.43. The van der Waals surface area contributed by atoms with Gasteiger partial charge in [0.2, 0.25) is 5.96 Å². The molecule has 27 heavy (non-hydrogen) atoms. The summed E-state index contributed by atoms with van der Waals surface area (Å²) < 4.78 is 14.0. The van der Waals surface area contributed by atoms with Crippen molar-refractivity contribution in [3.05, 3.63) is 56.3 Å². The molecule has 2 aliphatic heterocycles. The van der Waals surface area contributed by atoms with Crippen LogP contribution in [0.2, 0.25) is 5.02 Å². The molecule has 0 saturated carbocycles. The molecule has 6 nitrogen and oxygen atoms in total. The molecule has 0 spiro atoms. The minimum absolute atomic E-state index is 0.0394. The van der Waals surface area contributed by atoms with E-state index in [0.29, 0.717) is 21.8 Å². The lowest BCUT2D eigenvalue weighted by Gasteiger charge is -2.16. The molecule has 0 aromatic heterocycles. The second-order valence-electron chi connectivity index (χ2n) is 5.99. The minimum Gasteiger partial charge on any atom is -0.312 e. The standard InChI is InChI=1S/C18H9BrClFN4O2/c1-24-16-10(6-22)15(17(27)9-4-8(21)2-3-12(9)20)11(19)5-13(16)25-7-14(26)23-18(24)25/h2-5H,7H2,1H3. The van der Waals surface area contributed by atoms with E-state index in [2.05, 4.69) is 27.0 Å². The molecule has 0 aliphatic carbocycles. The summed E-state index contributed by atoms with van der Waals surface area (Å²) in [6, 6.07) is 7.19. The molecule has 2 aromatic rings. The van der Waals surface area contributed by atoms with Crippen molar-refractivity contribution in [2.45, 2.75) is 0 Å². The highest BCUT2D eigenvalue weighted by molar-refractivity contribution is 9.10. The van der Waals surface area contributed by atoms with E-state index in [1.54, 1.807) is 22.9 Å². The molecule has 9 heteroatoms. The molecule has 1 amide bonds. The maximum atomic E-state index is 13.6. The van der Waals surface area contributed by atoms with Gasteiger partial charge in [-0.15, -0.1) is 0 Å². The SMILES string of the molecule is CN1C2=NC(=O)CN2c2cc(Br)c(C(=O)c3cc(F)ccc3Cl)c(C#N)c21. The first-order valence-electron chi connectivity index (χ1n) is 7.72. The molecule has 0 unspecified atom stereocenters. The Hall–Kier alpha value is -2.76. The quantitative estimate of drug-likeness (QED) is 0.659. The third-order valence-corrected chi connectivity index (χ3v) is 5.38. The van der Waals surface area contributed by atoms with E-state index in [-0.39, 0.29) is 34.2 Å². The van der Waals surface area contributed by atoms with Gasteiger partial charge in [-0.25, -0.2) is 4.39 Å². The Balaban J connectivity index is 1.94. The highest BCUT2D eigenvalue weighted by atomic mass is 79.9. The van der Waals surface area contributed by atoms with E-state index in [4.69, 9.17) is 11.6 Å². The number of carbonyl (C=O) groups excluding carboxylic acids is 2. The second-order valence-corrected chi connectivity index (χ2v) is 7.25. The number of carbonyl (C=O) groups is 2. The smallest absolute Gasteiger partial charge is 0.268 e. The van der Waals surface area contributed by atoms with Crippen molar-refractivity contribution >= 4 is 56.6 Å². The zero-order valence-electron chi connectivity index (χ0n) is 13.8. The Morgan fingerprint density at radius 1 is 1.41 bits per heavy atom. The lowest BCUT2D eigenvalue weighted by atomic mass is 9.96. The van der Waals surface area contributed by atoms with Gasteiger partial charge >= 0.3 is 0 Å². The van der Waals surface area contributed by atoms with Gasteiger partial charge < -0.3 is 9.80 Å². The van der Waals surface area contributed by atoms with Gasteiger partial charge in [0.25, 0.3) is 5.91 Å². The van der Waals surface area contributed by atoms with Crippen LogP contribution in [0.3, 0.4) is 0 Å². The fourth-order valence-electron chi connectivity index (χ4n) is 3.27. The summed E-state index contributed by atoms with van der Waals surface area (Å²) in [6.07, 6.45) is 0. The van der Waals surface area contributed by atoms with Crippen LogP contribution >= 0.6 is 27.5 Å². The molecule has 4 rings (SSSR count). The Morgan fingerprint density at radius 2 is 2.15 bits per heavy atom. The summed E-state index contributed by atoms with van der Waals surface area (Å²) in [4.78, 5) is 31.9. The second kappa shape index (κ2) is 6.15. The first-order valence-corrected chi connectivity index (χ1v) is 8.89. The van der Waals surface area contributed by atoms with Crippen LogP contribution in [0.15, 0.2) is 33.7 Å². The highest BCUT2D eigenvalue weighted by Crippen LogP contribution is 2.45. The molecule has 0 atom stereocenters. The van der Waals surface area contributed by atoms with Gasteiger partial charge in [0.1, 0.15) is 18.4 Å². The number of hydrogen-bond donors (Lipinski definition) is 0. The van der Waals surface area contributed by atoms with E-state index in [1.165, 1.54) is 6.07 Å². The molecule has 0 radical (unpaired) electrons. The lowest BCUT2D eigenvalue weighted by Crippen LogP contribution is -2.32. The zero-order chi connectivity index (χ0) is 19.5. The molecule has 0 N–H and O–H groups in total. The number of anilines is 2. The fraction of sp³-hybridized carbons (Fsp3) is 0.111. The van der Waals surface area contributed by atoms with Gasteiger partial charge in [-0.3, -0.25) is 9.59 Å². The number of fused-ring (bicyclic) bond motifs is 3. The Bertz CT molecular complexity index is 1130. The predicted molar refractivity (Wildman–Crippen MR) is 102 cm³/mol. The molecule has 0 fully saturated rings. The van der Waals surface area contributed by atoms with Gasteiger partial charge in [-0.2, -0.15) is 10.3 Å². The molecule has 2 aliphatic rings. The number of amides is 1. The molecule has 134 valence electrons. The first-order chi connectivity index (χ1) is 12.8. The zero-order valence-corrected chi connectivity index (χ0v) is 16.1. The number of guanidine groups is 1. The van der Waals surface area contributed by atoms with Crippen LogP contribution in [0, 0.1) is 17.1 Å². The Morgan fingerprint density at radius 3 is 2.85 bits per heavy atom. The third kappa shape index (κ3) is 2.54. The van der Waals surface area contributed by atoms with Crippen LogP contribution in [0.5, 0.6) is 0 Å². The van der Waals surface area contributed by atoms with E-state index in [9.17, 15) is 19.2 Å². The van der Waals surface area contributed by atoms with Gasteiger partial charge in [0, 0.05) is 17.1 Å². The van der Waals surface area contributed by atoms with Crippen molar-refractivity contribution in [3.8, 4) is 6.07 Å². The number of aliphatic imine (C=N–C) groups is 1. The van der Waals surface area contributed by atoms with E-state index < -0.39 is 11.6 Å². The van der Waals surface area contributed by atoms with Gasteiger partial charge in [-0.05, 0) is 40.2 Å². The van der Waals surface area contributed by atoms with E-state index in [1.807, 2.05) is 0 Å². The highest BCUT2D eigenvalue weighted by Gasteiger charge is 2.40. The van der Waals surface area contributed by atoms with Crippen LogP contribution in [-0.4, -0.2) is 31.2 Å². The number of nitriles is 1. The van der Waals surface area contributed by atoms with Gasteiger partial charge in [-0.1, -0.05) is 11.6 Å². The van der Waals surface area contributed by atoms with Crippen LogP contribution in [0.25, 0.3) is 0 Å². The van der Waals surface area contributed by atoms with E-state index in [0.717, 1.165) is 12.1 Å². The van der Waals surface area contributed by atoms with Crippen LogP contribution in [0.1, 0.15) is 21.5 Å². The minimum atomic E-state index is -0.607. The average molecular weight is 448 g/mol. The van der Waals surface area contributed by atoms with Crippen molar-refractivity contribution in [1.29, 1.82) is 5.26 Å². The predicted octanol–water partition coefficient (Wildman–Crippen LogP) is 3.50. The molecule has 2 aromatic carbocycles. The van der Waals surface area contributed by atoms with Crippen molar-refractivity contribution in [2.24, 2.45) is 4.99 Å². The molecule has 0 bridgehead atoms. The Kier molecular flexibility index (Phi) is 4.02. The van der Waals surface area contributed by atoms with Crippen LogP contribution < -0.4 is 9.80 Å². The molecular weight excluding hydrogens is 439 g/mol. The number of benzene rings is 2. The monoisotopic (exact) mass is 446 g/mol. The lowest BCUT2D eigenvalue weighted by molar-refractivity contribution is -0.115. The number of halogens is 3. The van der Waals surface area contributed by atoms with E-state index >= 15 is 0 Å². The summed E-state index contributed by atoms with van der Waals surface area (Å²) in [5.41, 5.74) is 1.18. The Labute approximate surface area is 166 Å². The average Bonchev–Trinajstić information content (AvgIpc) is 3.13. The molecule has 2 heterocycles. The van der Waals surface area contributed by atoms with Gasteiger partial charge in [0.15, 0.2) is 5.78 Å². The number of nitrogens with zero attached hydrogens (tertiary/aromatic N) is 4. The van der Waals surface area contributed by atoms with Crippen molar-refractivity contribution in [2.75, 3.05) is 23.4 Å². The van der Waals surface area contributed by atoms with Gasteiger partial charge in [0.05, 0.1) is 27.5 Å². The van der Waals surface area contributed by atoms with Crippen molar-refractivity contribution < 1.29 is 14.0 Å². The summed E-state index contributed by atoms with van der Waals surface area (Å²) in [5.74, 6) is -1.08. The summed E-state index contributed by atoms with van der Waals surface area (Å²) >= 11 is 9.40. The van der Waals surface area contributed by atoms with Crippen molar-refractivity contribution in [1.82, 2.24) is 0 Å². The number of rotatable bonds is 2. The van der Waals surface area contributed by atoms with Crippen molar-refractivity contribution in [3.63, 3.8) is 0 Å². The largest absolute Gasteiger partial charge is 0.312 e. The summed E-state index contributed by atoms with van der Waals surface area (Å²) in [6.45, 7) is 0.0625. The normalized spacial score (nSPS) is 14.8. The summed E-state index contributed by atoms with van der Waals surface area (Å²) in [5, 5.41) is 9.86. The number of hydrogen-bond acceptors (Lipinski definition) is 5. The van der Waals surface area contributed by atoms with Crippen LogP contribution in [0.4, 0.5) is 15.8 Å². The summed E-state index contributed by atoms with van der Waals surface area (Å²) in [7, 11) is 1.66. The molecular formula is C18H9BrClFN4O2. The maximum Gasteiger partial charge on any atom is 0.268 e. The first kappa shape index (κ1) is 17.6. The maximum absolute atomic E-state index is 13.6. The number of ketones is 1. The fourth-order valence-corrected chi connectivity index (χ4v) is 4.07. The van der Waals surface area contributed by atoms with Crippen LogP contribution in [-0.2, 0) is 4.79 Å².